The first-order valence-corrected chi connectivity index (χ1v) is 7.24. The SMILES string of the molecule is O=S(=O)(c1ccc(N(O)O)cc1)N1CCCCC1. The second-order valence-electron chi connectivity index (χ2n) is 4.25. The summed E-state index contributed by atoms with van der Waals surface area (Å²) < 4.78 is 26.0. The van der Waals surface area contributed by atoms with E-state index in [1.165, 1.54) is 28.6 Å². The highest BCUT2D eigenvalue weighted by atomic mass is 32.2. The van der Waals surface area contributed by atoms with Gasteiger partial charge in [0.05, 0.1) is 10.6 Å². The molecule has 1 fully saturated rings. The third kappa shape index (κ3) is 2.64. The molecule has 1 saturated heterocycles. The Bertz CT molecular complexity index is 492. The van der Waals surface area contributed by atoms with Crippen LogP contribution in [-0.4, -0.2) is 36.2 Å². The number of benzene rings is 1. The lowest BCUT2D eigenvalue weighted by Gasteiger charge is -2.25. The average Bonchev–Trinajstić information content (AvgIpc) is 2.40. The van der Waals surface area contributed by atoms with E-state index >= 15 is 0 Å². The molecule has 1 aliphatic rings. The second kappa shape index (κ2) is 5.23. The van der Waals surface area contributed by atoms with Crippen LogP contribution in [0.25, 0.3) is 0 Å². The normalized spacial score (nSPS) is 17.7. The fraction of sp³-hybridized carbons (Fsp3) is 0.455. The first kappa shape index (κ1) is 13.3. The molecule has 0 unspecified atom stereocenters. The molecule has 0 spiro atoms. The zero-order valence-electron chi connectivity index (χ0n) is 9.86. The Kier molecular flexibility index (Phi) is 3.86. The van der Waals surface area contributed by atoms with Crippen LogP contribution in [0.1, 0.15) is 19.3 Å². The first-order valence-electron chi connectivity index (χ1n) is 5.80. The third-order valence-electron chi connectivity index (χ3n) is 3.02. The van der Waals surface area contributed by atoms with Crippen molar-refractivity contribution in [1.82, 2.24) is 4.31 Å². The predicted molar refractivity (Wildman–Crippen MR) is 65.1 cm³/mol. The van der Waals surface area contributed by atoms with Crippen LogP contribution in [0, 0.1) is 0 Å². The Morgan fingerprint density at radius 3 is 2.06 bits per heavy atom. The smallest absolute Gasteiger partial charge is 0.243 e. The highest BCUT2D eigenvalue weighted by molar-refractivity contribution is 7.89. The summed E-state index contributed by atoms with van der Waals surface area (Å²) in [6.07, 6.45) is 2.84. The van der Waals surface area contributed by atoms with Crippen LogP contribution in [0.3, 0.4) is 0 Å². The van der Waals surface area contributed by atoms with Gasteiger partial charge in [-0.15, -0.1) is 5.23 Å². The summed E-state index contributed by atoms with van der Waals surface area (Å²) >= 11 is 0. The number of rotatable bonds is 3. The minimum Gasteiger partial charge on any atom is -0.264 e. The number of sulfonamides is 1. The maximum Gasteiger partial charge on any atom is 0.243 e. The Balaban J connectivity index is 2.23. The molecule has 1 aromatic rings. The molecule has 1 aliphatic heterocycles. The van der Waals surface area contributed by atoms with Gasteiger partial charge in [-0.3, -0.25) is 10.4 Å². The first-order chi connectivity index (χ1) is 8.51. The maximum atomic E-state index is 12.3. The van der Waals surface area contributed by atoms with Crippen molar-refractivity contribution in [1.29, 1.82) is 0 Å². The third-order valence-corrected chi connectivity index (χ3v) is 4.93. The maximum absolute atomic E-state index is 12.3. The molecule has 0 aromatic heterocycles. The monoisotopic (exact) mass is 272 g/mol. The van der Waals surface area contributed by atoms with Gasteiger partial charge in [0.1, 0.15) is 0 Å². The molecular formula is C11H16N2O4S. The molecule has 7 heteroatoms. The van der Waals surface area contributed by atoms with Crippen LogP contribution in [0.4, 0.5) is 5.69 Å². The molecule has 0 bridgehead atoms. The molecule has 2 rings (SSSR count). The minimum atomic E-state index is -3.45. The van der Waals surface area contributed by atoms with Gasteiger partial charge in [0.15, 0.2) is 0 Å². The predicted octanol–water partition coefficient (Wildman–Crippen LogP) is 1.45. The van der Waals surface area contributed by atoms with E-state index < -0.39 is 10.0 Å². The fourth-order valence-corrected chi connectivity index (χ4v) is 3.52. The van der Waals surface area contributed by atoms with E-state index in [1.807, 2.05) is 0 Å². The topological polar surface area (TPSA) is 81.1 Å². The van der Waals surface area contributed by atoms with Crippen molar-refractivity contribution in [2.45, 2.75) is 24.2 Å². The van der Waals surface area contributed by atoms with Gasteiger partial charge in [0, 0.05) is 13.1 Å². The molecule has 6 nitrogen and oxygen atoms in total. The quantitative estimate of drug-likeness (QED) is 0.814. The standard InChI is InChI=1S/C11H16N2O4S/c14-13(15)10-4-6-11(7-5-10)18(16,17)12-8-2-1-3-9-12/h4-7,14-15H,1-3,8-9H2. The molecular weight excluding hydrogens is 256 g/mol. The van der Waals surface area contributed by atoms with Crippen molar-refractivity contribution >= 4 is 15.7 Å². The van der Waals surface area contributed by atoms with Gasteiger partial charge < -0.3 is 0 Å². The fourth-order valence-electron chi connectivity index (χ4n) is 2.01. The van der Waals surface area contributed by atoms with Crippen molar-refractivity contribution in [3.8, 4) is 0 Å². The average molecular weight is 272 g/mol. The van der Waals surface area contributed by atoms with Gasteiger partial charge >= 0.3 is 0 Å². The summed E-state index contributed by atoms with van der Waals surface area (Å²) in [4.78, 5) is 0.176. The van der Waals surface area contributed by atoms with Crippen molar-refractivity contribution in [3.05, 3.63) is 24.3 Å². The molecule has 18 heavy (non-hydrogen) atoms. The number of anilines is 1. The van der Waals surface area contributed by atoms with Crippen LogP contribution in [0.2, 0.25) is 0 Å². The Labute approximate surface area is 106 Å². The van der Waals surface area contributed by atoms with Crippen LogP contribution < -0.4 is 5.23 Å². The summed E-state index contributed by atoms with van der Waals surface area (Å²) in [6, 6.07) is 5.44. The van der Waals surface area contributed by atoms with Crippen LogP contribution in [-0.2, 0) is 10.0 Å². The molecule has 2 N–H and O–H groups in total. The number of hydrogen-bond donors (Lipinski definition) is 2. The van der Waals surface area contributed by atoms with E-state index in [2.05, 4.69) is 0 Å². The van der Waals surface area contributed by atoms with E-state index in [0.717, 1.165) is 19.3 Å². The molecule has 1 aromatic carbocycles. The molecule has 100 valence electrons. The van der Waals surface area contributed by atoms with E-state index in [4.69, 9.17) is 10.4 Å². The lowest BCUT2D eigenvalue weighted by Crippen LogP contribution is -2.35. The molecule has 0 atom stereocenters. The molecule has 0 aliphatic carbocycles. The summed E-state index contributed by atoms with van der Waals surface area (Å²) in [6.45, 7) is 1.10. The Morgan fingerprint density at radius 2 is 1.56 bits per heavy atom. The van der Waals surface area contributed by atoms with E-state index in [1.54, 1.807) is 0 Å². The van der Waals surface area contributed by atoms with E-state index in [9.17, 15) is 8.42 Å². The van der Waals surface area contributed by atoms with Crippen LogP contribution in [0.5, 0.6) is 0 Å². The Morgan fingerprint density at radius 1 is 1.00 bits per heavy atom. The highest BCUT2D eigenvalue weighted by Crippen LogP contribution is 2.22. The lowest BCUT2D eigenvalue weighted by molar-refractivity contribution is 0.0291. The van der Waals surface area contributed by atoms with Gasteiger partial charge in [-0.2, -0.15) is 4.31 Å². The second-order valence-corrected chi connectivity index (χ2v) is 6.19. The van der Waals surface area contributed by atoms with Crippen molar-refractivity contribution < 1.29 is 18.8 Å². The molecule has 1 heterocycles. The minimum absolute atomic E-state index is 0.0444. The van der Waals surface area contributed by atoms with Crippen molar-refractivity contribution in [3.63, 3.8) is 0 Å². The summed E-state index contributed by atoms with van der Waals surface area (Å²) in [5.41, 5.74) is 0.118. The van der Waals surface area contributed by atoms with Crippen molar-refractivity contribution in [2.24, 2.45) is 0 Å². The molecule has 0 saturated carbocycles. The number of nitrogens with zero attached hydrogens (tertiary/aromatic N) is 2. The number of hydrogen-bond acceptors (Lipinski definition) is 5. The summed E-state index contributed by atoms with van der Waals surface area (Å²) in [5.74, 6) is 0. The summed E-state index contributed by atoms with van der Waals surface area (Å²) in [5, 5.41) is 17.5. The van der Waals surface area contributed by atoms with Gasteiger partial charge in [-0.05, 0) is 37.1 Å². The zero-order chi connectivity index (χ0) is 13.2. The Hall–Kier alpha value is -1.15. The highest BCUT2D eigenvalue weighted by Gasteiger charge is 2.25. The van der Waals surface area contributed by atoms with E-state index in [-0.39, 0.29) is 15.8 Å². The van der Waals surface area contributed by atoms with Crippen LogP contribution >= 0.6 is 0 Å². The van der Waals surface area contributed by atoms with Gasteiger partial charge in [-0.25, -0.2) is 8.42 Å². The van der Waals surface area contributed by atoms with Gasteiger partial charge in [0.25, 0.3) is 0 Å². The largest absolute Gasteiger partial charge is 0.264 e. The van der Waals surface area contributed by atoms with Gasteiger partial charge in [0.2, 0.25) is 10.0 Å². The molecule has 0 amide bonds. The lowest BCUT2D eigenvalue weighted by atomic mass is 10.2. The van der Waals surface area contributed by atoms with Gasteiger partial charge in [-0.1, -0.05) is 6.42 Å². The van der Waals surface area contributed by atoms with Crippen LogP contribution in [0.15, 0.2) is 29.2 Å². The van der Waals surface area contributed by atoms with E-state index in [0.29, 0.717) is 13.1 Å². The summed E-state index contributed by atoms with van der Waals surface area (Å²) in [7, 11) is -3.45. The van der Waals surface area contributed by atoms with Crippen molar-refractivity contribution in [2.75, 3.05) is 18.3 Å². The number of piperidine rings is 1. The zero-order valence-corrected chi connectivity index (χ0v) is 10.7. The molecule has 0 radical (unpaired) electrons.